The Hall–Kier alpha value is -1.94. The van der Waals surface area contributed by atoms with Crippen molar-refractivity contribution in [2.75, 3.05) is 18.9 Å². The van der Waals surface area contributed by atoms with Crippen LogP contribution in [-0.4, -0.2) is 34.5 Å². The molecule has 4 nitrogen and oxygen atoms in total. The third-order valence-electron chi connectivity index (χ3n) is 3.38. The number of rotatable bonds is 6. The summed E-state index contributed by atoms with van der Waals surface area (Å²) >= 11 is 0. The van der Waals surface area contributed by atoms with Gasteiger partial charge in [-0.25, -0.2) is 9.97 Å². The van der Waals surface area contributed by atoms with Gasteiger partial charge < -0.3 is 5.32 Å². The summed E-state index contributed by atoms with van der Waals surface area (Å²) in [6, 6.07) is 12.8. The summed E-state index contributed by atoms with van der Waals surface area (Å²) in [4.78, 5) is 10.9. The van der Waals surface area contributed by atoms with Crippen LogP contribution in [0.4, 0.5) is 5.95 Å². The minimum absolute atomic E-state index is 0.402. The van der Waals surface area contributed by atoms with Gasteiger partial charge in [-0.15, -0.1) is 0 Å². The number of benzene rings is 1. The highest BCUT2D eigenvalue weighted by Gasteiger charge is 2.09. The fraction of sp³-hybridized carbons (Fsp3) is 0.375. The van der Waals surface area contributed by atoms with E-state index in [9.17, 15) is 0 Å². The average molecular weight is 270 g/mol. The molecule has 0 aliphatic carbocycles. The number of anilines is 1. The largest absolute Gasteiger partial charge is 0.353 e. The van der Waals surface area contributed by atoms with Gasteiger partial charge in [0.25, 0.3) is 0 Å². The summed E-state index contributed by atoms with van der Waals surface area (Å²) < 4.78 is 0. The predicted molar refractivity (Wildman–Crippen MR) is 82.6 cm³/mol. The molecule has 0 saturated carbocycles. The van der Waals surface area contributed by atoms with E-state index in [-0.39, 0.29) is 0 Å². The van der Waals surface area contributed by atoms with Crippen molar-refractivity contribution in [3.63, 3.8) is 0 Å². The molecule has 0 fully saturated rings. The third kappa shape index (κ3) is 4.31. The second kappa shape index (κ2) is 7.01. The fourth-order valence-electron chi connectivity index (χ4n) is 1.96. The molecule has 0 bridgehead atoms. The first kappa shape index (κ1) is 14.5. The first-order valence-corrected chi connectivity index (χ1v) is 6.93. The van der Waals surface area contributed by atoms with Crippen LogP contribution in [0.5, 0.6) is 0 Å². The van der Waals surface area contributed by atoms with Crippen LogP contribution in [0.1, 0.15) is 18.2 Å². The van der Waals surface area contributed by atoms with Gasteiger partial charge in [-0.1, -0.05) is 30.3 Å². The van der Waals surface area contributed by atoms with Crippen molar-refractivity contribution in [1.29, 1.82) is 0 Å². The SMILES string of the molecule is Cc1ccnc(NCC(C)N(C)Cc2ccccc2)n1. The van der Waals surface area contributed by atoms with Crippen molar-refractivity contribution in [2.45, 2.75) is 26.4 Å². The Bertz CT molecular complexity index is 527. The summed E-state index contributed by atoms with van der Waals surface area (Å²) in [5, 5.41) is 3.29. The highest BCUT2D eigenvalue weighted by Crippen LogP contribution is 2.07. The van der Waals surface area contributed by atoms with E-state index in [2.05, 4.69) is 58.4 Å². The lowest BCUT2D eigenvalue weighted by atomic mass is 10.2. The molecule has 0 amide bonds. The smallest absolute Gasteiger partial charge is 0.222 e. The van der Waals surface area contributed by atoms with Crippen molar-refractivity contribution in [3.8, 4) is 0 Å². The van der Waals surface area contributed by atoms with E-state index < -0.39 is 0 Å². The predicted octanol–water partition coefficient (Wildman–Crippen LogP) is 2.72. The molecule has 0 radical (unpaired) electrons. The molecule has 0 spiro atoms. The van der Waals surface area contributed by atoms with Gasteiger partial charge in [0, 0.05) is 31.0 Å². The van der Waals surface area contributed by atoms with E-state index in [1.54, 1.807) is 6.20 Å². The third-order valence-corrected chi connectivity index (χ3v) is 3.38. The Morgan fingerprint density at radius 1 is 1.20 bits per heavy atom. The van der Waals surface area contributed by atoms with Crippen molar-refractivity contribution < 1.29 is 0 Å². The van der Waals surface area contributed by atoms with Gasteiger partial charge in [0.2, 0.25) is 5.95 Å². The molecule has 1 N–H and O–H groups in total. The van der Waals surface area contributed by atoms with E-state index in [1.807, 2.05) is 19.1 Å². The number of hydrogen-bond acceptors (Lipinski definition) is 4. The molecule has 0 aliphatic heterocycles. The van der Waals surface area contributed by atoms with Crippen molar-refractivity contribution >= 4 is 5.95 Å². The van der Waals surface area contributed by atoms with Crippen molar-refractivity contribution in [1.82, 2.24) is 14.9 Å². The molecule has 1 aromatic carbocycles. The monoisotopic (exact) mass is 270 g/mol. The molecule has 106 valence electrons. The van der Waals surface area contributed by atoms with Gasteiger partial charge in [-0.2, -0.15) is 0 Å². The van der Waals surface area contributed by atoms with Gasteiger partial charge in [-0.3, -0.25) is 4.90 Å². The highest BCUT2D eigenvalue weighted by atomic mass is 15.2. The molecular formula is C16H22N4. The lowest BCUT2D eigenvalue weighted by Crippen LogP contribution is -2.34. The number of nitrogens with one attached hydrogen (secondary N) is 1. The second-order valence-corrected chi connectivity index (χ2v) is 5.15. The van der Waals surface area contributed by atoms with E-state index in [0.29, 0.717) is 12.0 Å². The first-order chi connectivity index (χ1) is 9.65. The lowest BCUT2D eigenvalue weighted by molar-refractivity contribution is 0.259. The molecule has 0 aliphatic rings. The van der Waals surface area contributed by atoms with E-state index in [1.165, 1.54) is 5.56 Å². The Morgan fingerprint density at radius 3 is 2.65 bits per heavy atom. The van der Waals surface area contributed by atoms with Gasteiger partial charge >= 0.3 is 0 Å². The molecule has 1 heterocycles. The topological polar surface area (TPSA) is 41.1 Å². The van der Waals surface area contributed by atoms with E-state index in [0.717, 1.165) is 18.8 Å². The molecule has 4 heteroatoms. The van der Waals surface area contributed by atoms with Gasteiger partial charge in [0.15, 0.2) is 0 Å². The maximum absolute atomic E-state index is 4.35. The average Bonchev–Trinajstić information content (AvgIpc) is 2.46. The summed E-state index contributed by atoms with van der Waals surface area (Å²) in [5.41, 5.74) is 2.31. The molecule has 1 unspecified atom stereocenters. The molecular weight excluding hydrogens is 248 g/mol. The summed E-state index contributed by atoms with van der Waals surface area (Å²) in [5.74, 6) is 0.699. The Labute approximate surface area is 120 Å². The molecule has 1 atom stereocenters. The number of aromatic nitrogens is 2. The maximum atomic E-state index is 4.35. The Balaban J connectivity index is 1.83. The number of aryl methyl sites for hydroxylation is 1. The van der Waals surface area contributed by atoms with Crippen LogP contribution in [0.25, 0.3) is 0 Å². The van der Waals surface area contributed by atoms with E-state index in [4.69, 9.17) is 0 Å². The minimum atomic E-state index is 0.402. The number of hydrogen-bond donors (Lipinski definition) is 1. The van der Waals surface area contributed by atoms with Gasteiger partial charge in [-0.05, 0) is 32.5 Å². The summed E-state index contributed by atoms with van der Waals surface area (Å²) in [6.07, 6.45) is 1.78. The minimum Gasteiger partial charge on any atom is -0.353 e. The van der Waals surface area contributed by atoms with Gasteiger partial charge in [0.1, 0.15) is 0 Å². The number of likely N-dealkylation sites (N-methyl/N-ethyl adjacent to an activating group) is 1. The zero-order chi connectivity index (χ0) is 14.4. The standard InChI is InChI=1S/C16H22N4/c1-13-9-10-17-16(19-13)18-11-14(2)20(3)12-15-7-5-4-6-8-15/h4-10,14H,11-12H2,1-3H3,(H,17,18,19). The molecule has 2 rings (SSSR count). The Morgan fingerprint density at radius 2 is 1.95 bits per heavy atom. The van der Waals surface area contributed by atoms with Crippen molar-refractivity contribution in [2.24, 2.45) is 0 Å². The normalized spacial score (nSPS) is 12.4. The van der Waals surface area contributed by atoms with Gasteiger partial charge in [0.05, 0.1) is 0 Å². The Kier molecular flexibility index (Phi) is 5.07. The zero-order valence-corrected chi connectivity index (χ0v) is 12.4. The maximum Gasteiger partial charge on any atom is 0.222 e. The summed E-state index contributed by atoms with van der Waals surface area (Å²) in [6.45, 7) is 5.94. The zero-order valence-electron chi connectivity index (χ0n) is 12.4. The highest BCUT2D eigenvalue weighted by molar-refractivity contribution is 5.24. The van der Waals surface area contributed by atoms with E-state index >= 15 is 0 Å². The fourth-order valence-corrected chi connectivity index (χ4v) is 1.96. The molecule has 1 aromatic heterocycles. The summed E-state index contributed by atoms with van der Waals surface area (Å²) in [7, 11) is 2.14. The van der Waals surface area contributed by atoms with Crippen LogP contribution in [-0.2, 0) is 6.54 Å². The number of nitrogens with zero attached hydrogens (tertiary/aromatic N) is 3. The van der Waals surface area contributed by atoms with Crippen molar-refractivity contribution in [3.05, 3.63) is 53.9 Å². The van der Waals surface area contributed by atoms with Crippen LogP contribution in [0, 0.1) is 6.92 Å². The van der Waals surface area contributed by atoms with Crippen LogP contribution in [0.3, 0.4) is 0 Å². The van der Waals surface area contributed by atoms with Crippen LogP contribution in [0.2, 0.25) is 0 Å². The first-order valence-electron chi connectivity index (χ1n) is 6.93. The molecule has 2 aromatic rings. The van der Waals surface area contributed by atoms with Crippen LogP contribution in [0.15, 0.2) is 42.6 Å². The second-order valence-electron chi connectivity index (χ2n) is 5.15. The molecule has 20 heavy (non-hydrogen) atoms. The lowest BCUT2D eigenvalue weighted by Gasteiger charge is -2.25. The quantitative estimate of drug-likeness (QED) is 0.876. The van der Waals surface area contributed by atoms with Crippen LogP contribution < -0.4 is 5.32 Å². The van der Waals surface area contributed by atoms with Crippen LogP contribution >= 0.6 is 0 Å². The molecule has 0 saturated heterocycles.